The van der Waals surface area contributed by atoms with E-state index in [1.54, 1.807) is 24.3 Å². The molecule has 0 aromatic heterocycles. The number of nitrogens with zero attached hydrogens (tertiary/aromatic N) is 2. The fourth-order valence-electron chi connectivity index (χ4n) is 4.10. The standard InChI is InChI=1S/C23H24FN3O6S/c1-15(22(29)27-14-21(28)25-18-7-3-4-8-19(18)27)33-23(30)16-10-12-26(13-11-16)34(31,32)20-9-5-2-6-17(20)24/h2-9,15-16H,10-14H2,1H3,(H,25,28). The predicted octanol–water partition coefficient (Wildman–Crippen LogP) is 2.14. The minimum absolute atomic E-state index is 0.0262. The van der Waals surface area contributed by atoms with E-state index in [9.17, 15) is 27.2 Å². The summed E-state index contributed by atoms with van der Waals surface area (Å²) in [5.41, 5.74) is 1.01. The van der Waals surface area contributed by atoms with Crippen molar-refractivity contribution >= 4 is 39.2 Å². The van der Waals surface area contributed by atoms with E-state index < -0.39 is 44.6 Å². The molecule has 0 spiro atoms. The molecule has 0 radical (unpaired) electrons. The highest BCUT2D eigenvalue weighted by Crippen LogP contribution is 2.30. The molecule has 34 heavy (non-hydrogen) atoms. The number of nitrogens with one attached hydrogen (secondary N) is 1. The van der Waals surface area contributed by atoms with Crippen LogP contribution in [0, 0.1) is 11.7 Å². The maximum absolute atomic E-state index is 14.0. The Bertz CT molecular complexity index is 1230. The number of hydrogen-bond donors (Lipinski definition) is 1. The molecule has 1 atom stereocenters. The molecule has 1 saturated heterocycles. The Morgan fingerprint density at radius 3 is 2.44 bits per heavy atom. The Kier molecular flexibility index (Phi) is 6.67. The zero-order valence-corrected chi connectivity index (χ0v) is 19.3. The zero-order chi connectivity index (χ0) is 24.5. The maximum atomic E-state index is 14.0. The number of para-hydroxylation sites is 2. The summed E-state index contributed by atoms with van der Waals surface area (Å²) in [6.45, 7) is 1.30. The van der Waals surface area contributed by atoms with Crippen LogP contribution >= 0.6 is 0 Å². The summed E-state index contributed by atoms with van der Waals surface area (Å²) in [5, 5.41) is 2.69. The highest BCUT2D eigenvalue weighted by Gasteiger charge is 2.36. The highest BCUT2D eigenvalue weighted by atomic mass is 32.2. The number of benzene rings is 2. The van der Waals surface area contributed by atoms with E-state index in [2.05, 4.69) is 5.32 Å². The lowest BCUT2D eigenvalue weighted by molar-refractivity contribution is -0.159. The van der Waals surface area contributed by atoms with Gasteiger partial charge in [-0.3, -0.25) is 19.3 Å². The summed E-state index contributed by atoms with van der Waals surface area (Å²) in [5.74, 6) is -2.92. The van der Waals surface area contributed by atoms with E-state index in [0.717, 1.165) is 10.4 Å². The summed E-state index contributed by atoms with van der Waals surface area (Å²) in [4.78, 5) is 38.5. The first-order valence-electron chi connectivity index (χ1n) is 10.8. The Balaban J connectivity index is 1.37. The molecule has 2 amide bonds. The van der Waals surface area contributed by atoms with E-state index in [0.29, 0.717) is 11.4 Å². The molecule has 180 valence electrons. The number of amides is 2. The Labute approximate surface area is 196 Å². The molecule has 0 bridgehead atoms. The molecular formula is C23H24FN3O6S. The zero-order valence-electron chi connectivity index (χ0n) is 18.4. The lowest BCUT2D eigenvalue weighted by Crippen LogP contribution is -2.47. The Hall–Kier alpha value is -3.31. The molecule has 0 saturated carbocycles. The normalized spacial score (nSPS) is 18.1. The van der Waals surface area contributed by atoms with E-state index in [1.165, 1.54) is 30.0 Å². The van der Waals surface area contributed by atoms with Gasteiger partial charge in [0.2, 0.25) is 15.9 Å². The van der Waals surface area contributed by atoms with Gasteiger partial charge in [-0.1, -0.05) is 24.3 Å². The molecule has 2 aliphatic rings. The molecule has 2 aromatic rings. The van der Waals surface area contributed by atoms with Gasteiger partial charge in [-0.2, -0.15) is 4.31 Å². The van der Waals surface area contributed by atoms with Gasteiger partial charge in [0.15, 0.2) is 6.10 Å². The summed E-state index contributed by atoms with van der Waals surface area (Å²) >= 11 is 0. The number of hydrogen-bond acceptors (Lipinski definition) is 6. The van der Waals surface area contributed by atoms with Crippen LogP contribution in [0.25, 0.3) is 0 Å². The molecular weight excluding hydrogens is 465 g/mol. The van der Waals surface area contributed by atoms with Crippen molar-refractivity contribution in [1.29, 1.82) is 0 Å². The smallest absolute Gasteiger partial charge is 0.309 e. The number of sulfonamides is 1. The van der Waals surface area contributed by atoms with Gasteiger partial charge in [0, 0.05) is 13.1 Å². The number of esters is 1. The number of rotatable bonds is 5. The average Bonchev–Trinajstić information content (AvgIpc) is 2.83. The van der Waals surface area contributed by atoms with Gasteiger partial charge in [0.25, 0.3) is 5.91 Å². The van der Waals surface area contributed by atoms with Crippen LogP contribution in [0.5, 0.6) is 0 Å². The van der Waals surface area contributed by atoms with Crippen molar-refractivity contribution < 1.29 is 31.9 Å². The van der Waals surface area contributed by atoms with Crippen LogP contribution in [0.3, 0.4) is 0 Å². The van der Waals surface area contributed by atoms with Gasteiger partial charge < -0.3 is 10.1 Å². The fourth-order valence-corrected chi connectivity index (χ4v) is 5.63. The van der Waals surface area contributed by atoms with E-state index in [4.69, 9.17) is 4.74 Å². The van der Waals surface area contributed by atoms with Crippen LogP contribution in [-0.4, -0.2) is 56.2 Å². The molecule has 11 heteroatoms. The number of ether oxygens (including phenoxy) is 1. The van der Waals surface area contributed by atoms with Gasteiger partial charge in [-0.15, -0.1) is 0 Å². The monoisotopic (exact) mass is 489 g/mol. The van der Waals surface area contributed by atoms with Crippen molar-refractivity contribution in [1.82, 2.24) is 4.31 Å². The second-order valence-electron chi connectivity index (χ2n) is 8.18. The third-order valence-electron chi connectivity index (χ3n) is 5.92. The number of piperidine rings is 1. The quantitative estimate of drug-likeness (QED) is 0.644. The molecule has 9 nitrogen and oxygen atoms in total. The second-order valence-corrected chi connectivity index (χ2v) is 10.1. The van der Waals surface area contributed by atoms with Crippen LogP contribution in [0.2, 0.25) is 0 Å². The lowest BCUT2D eigenvalue weighted by atomic mass is 9.98. The van der Waals surface area contributed by atoms with Crippen molar-refractivity contribution in [2.24, 2.45) is 5.92 Å². The van der Waals surface area contributed by atoms with Crippen molar-refractivity contribution in [2.75, 3.05) is 29.9 Å². The third kappa shape index (κ3) is 4.66. The molecule has 2 aliphatic heterocycles. The average molecular weight is 490 g/mol. The van der Waals surface area contributed by atoms with E-state index in [1.807, 2.05) is 0 Å². The van der Waals surface area contributed by atoms with Gasteiger partial charge in [0.1, 0.15) is 17.3 Å². The van der Waals surface area contributed by atoms with Gasteiger partial charge in [0.05, 0.1) is 17.3 Å². The topological polar surface area (TPSA) is 113 Å². The predicted molar refractivity (Wildman–Crippen MR) is 121 cm³/mol. The van der Waals surface area contributed by atoms with Crippen LogP contribution in [0.4, 0.5) is 15.8 Å². The lowest BCUT2D eigenvalue weighted by Gasteiger charge is -2.32. The first-order valence-corrected chi connectivity index (χ1v) is 12.3. The number of carbonyl (C=O) groups is 3. The number of anilines is 2. The molecule has 2 heterocycles. The molecule has 1 fully saturated rings. The SMILES string of the molecule is CC(OC(=O)C1CCN(S(=O)(=O)c2ccccc2F)CC1)C(=O)N1CC(=O)Nc2ccccc21. The molecule has 4 rings (SSSR count). The summed E-state index contributed by atoms with van der Waals surface area (Å²) < 4.78 is 46.0. The minimum atomic E-state index is -4.02. The van der Waals surface area contributed by atoms with Crippen molar-refractivity contribution in [3.05, 3.63) is 54.3 Å². The summed E-state index contributed by atoms with van der Waals surface area (Å²) in [6.07, 6.45) is -0.767. The van der Waals surface area contributed by atoms with Crippen LogP contribution in [0.15, 0.2) is 53.4 Å². The van der Waals surface area contributed by atoms with Crippen LogP contribution in [0.1, 0.15) is 19.8 Å². The molecule has 0 aliphatic carbocycles. The van der Waals surface area contributed by atoms with E-state index >= 15 is 0 Å². The Morgan fingerprint density at radius 2 is 1.74 bits per heavy atom. The molecule has 1 N–H and O–H groups in total. The van der Waals surface area contributed by atoms with Crippen molar-refractivity contribution in [2.45, 2.75) is 30.8 Å². The Morgan fingerprint density at radius 1 is 1.09 bits per heavy atom. The third-order valence-corrected chi connectivity index (χ3v) is 7.85. The second kappa shape index (κ2) is 9.51. The largest absolute Gasteiger partial charge is 0.452 e. The molecule has 1 unspecified atom stereocenters. The first-order chi connectivity index (χ1) is 16.2. The van der Waals surface area contributed by atoms with E-state index in [-0.39, 0.29) is 38.4 Å². The fraction of sp³-hybridized carbons (Fsp3) is 0.348. The van der Waals surface area contributed by atoms with Gasteiger partial charge in [-0.05, 0) is 44.0 Å². The number of carbonyl (C=O) groups excluding carboxylic acids is 3. The molecule has 2 aromatic carbocycles. The van der Waals surface area contributed by atoms with Crippen molar-refractivity contribution in [3.8, 4) is 0 Å². The minimum Gasteiger partial charge on any atom is -0.452 e. The van der Waals surface area contributed by atoms with Gasteiger partial charge in [-0.25, -0.2) is 12.8 Å². The first kappa shape index (κ1) is 23.8. The highest BCUT2D eigenvalue weighted by molar-refractivity contribution is 7.89. The number of halogens is 1. The summed E-state index contributed by atoms with van der Waals surface area (Å²) in [6, 6.07) is 12.0. The summed E-state index contributed by atoms with van der Waals surface area (Å²) in [7, 11) is -4.02. The van der Waals surface area contributed by atoms with Crippen LogP contribution in [-0.2, 0) is 29.1 Å². The van der Waals surface area contributed by atoms with Crippen molar-refractivity contribution in [3.63, 3.8) is 0 Å². The van der Waals surface area contributed by atoms with Gasteiger partial charge >= 0.3 is 5.97 Å². The maximum Gasteiger partial charge on any atom is 0.309 e. The van der Waals surface area contributed by atoms with Crippen LogP contribution < -0.4 is 10.2 Å². The number of fused-ring (bicyclic) bond motifs is 1.